The van der Waals surface area contributed by atoms with Crippen molar-refractivity contribution in [2.45, 2.75) is 39.7 Å². The molecule has 0 aromatic heterocycles. The summed E-state index contributed by atoms with van der Waals surface area (Å²) in [5.74, 6) is 1.81. The highest BCUT2D eigenvalue weighted by Crippen LogP contribution is 2.22. The van der Waals surface area contributed by atoms with Crippen LogP contribution in [0.15, 0.2) is 0 Å². The van der Waals surface area contributed by atoms with Crippen molar-refractivity contribution in [3.63, 3.8) is 0 Å². The van der Waals surface area contributed by atoms with Gasteiger partial charge in [-0.1, -0.05) is 20.8 Å². The van der Waals surface area contributed by atoms with Gasteiger partial charge in [0.25, 0.3) is 0 Å². The molecule has 19 heavy (non-hydrogen) atoms. The van der Waals surface area contributed by atoms with Crippen molar-refractivity contribution in [2.75, 3.05) is 18.1 Å². The van der Waals surface area contributed by atoms with Crippen LogP contribution in [0, 0.1) is 11.3 Å². The van der Waals surface area contributed by atoms with Gasteiger partial charge in [0.15, 0.2) is 0 Å². The molecule has 1 aliphatic rings. The molecule has 3 N–H and O–H groups in total. The molecular weight excluding hydrogens is 264 g/mol. The van der Waals surface area contributed by atoms with Crippen molar-refractivity contribution >= 4 is 23.8 Å². The summed E-state index contributed by atoms with van der Waals surface area (Å²) in [6.07, 6.45) is 2.24. The second kappa shape index (κ2) is 7.03. The lowest BCUT2D eigenvalue weighted by atomic mass is 9.87. The highest BCUT2D eigenvalue weighted by molar-refractivity contribution is 7.99. The molecule has 1 fully saturated rings. The number of carbonyl (C=O) groups is 2. The van der Waals surface area contributed by atoms with Crippen LogP contribution in [0.1, 0.15) is 33.6 Å². The van der Waals surface area contributed by atoms with E-state index in [-0.39, 0.29) is 6.03 Å². The molecular formula is C13H24N2O3S. The first-order chi connectivity index (χ1) is 8.80. The number of thioether (sulfide) groups is 1. The largest absolute Gasteiger partial charge is 0.480 e. The molecule has 1 rings (SSSR count). The normalized spacial score (nSPS) is 18.7. The van der Waals surface area contributed by atoms with Gasteiger partial charge in [0, 0.05) is 6.54 Å². The molecule has 0 saturated carbocycles. The maximum Gasteiger partial charge on any atom is 0.326 e. The lowest BCUT2D eigenvalue weighted by Gasteiger charge is -2.28. The van der Waals surface area contributed by atoms with E-state index in [4.69, 9.17) is 5.11 Å². The van der Waals surface area contributed by atoms with Crippen LogP contribution >= 0.6 is 11.8 Å². The van der Waals surface area contributed by atoms with Crippen LogP contribution in [0.5, 0.6) is 0 Å². The Morgan fingerprint density at radius 3 is 2.37 bits per heavy atom. The van der Waals surface area contributed by atoms with Gasteiger partial charge in [-0.2, -0.15) is 11.8 Å². The zero-order valence-electron chi connectivity index (χ0n) is 11.9. The molecule has 2 amide bonds. The van der Waals surface area contributed by atoms with Gasteiger partial charge in [-0.15, -0.1) is 0 Å². The van der Waals surface area contributed by atoms with Crippen molar-refractivity contribution < 1.29 is 14.7 Å². The zero-order chi connectivity index (χ0) is 14.5. The van der Waals surface area contributed by atoms with E-state index in [1.165, 1.54) is 0 Å². The summed E-state index contributed by atoms with van der Waals surface area (Å²) in [6, 6.07) is -1.27. The molecule has 1 heterocycles. The Labute approximate surface area is 118 Å². The highest BCUT2D eigenvalue weighted by Gasteiger charge is 2.32. The highest BCUT2D eigenvalue weighted by atomic mass is 32.2. The van der Waals surface area contributed by atoms with Crippen molar-refractivity contribution in [1.29, 1.82) is 0 Å². The van der Waals surface area contributed by atoms with Crippen LogP contribution < -0.4 is 10.6 Å². The van der Waals surface area contributed by atoms with Gasteiger partial charge in [-0.3, -0.25) is 0 Å². The van der Waals surface area contributed by atoms with Crippen LogP contribution in [0.25, 0.3) is 0 Å². The summed E-state index contributed by atoms with van der Waals surface area (Å²) in [5.41, 5.74) is -0.509. The van der Waals surface area contributed by atoms with E-state index in [0.717, 1.165) is 24.3 Å². The maximum atomic E-state index is 11.8. The Hall–Kier alpha value is -0.910. The topological polar surface area (TPSA) is 78.4 Å². The van der Waals surface area contributed by atoms with Crippen molar-refractivity contribution in [3.8, 4) is 0 Å². The van der Waals surface area contributed by atoms with Crippen LogP contribution in [-0.4, -0.2) is 41.2 Å². The number of urea groups is 1. The molecule has 0 aromatic carbocycles. The van der Waals surface area contributed by atoms with Crippen LogP contribution in [0.4, 0.5) is 4.79 Å². The van der Waals surface area contributed by atoms with Gasteiger partial charge in [-0.05, 0) is 35.7 Å². The summed E-state index contributed by atoms with van der Waals surface area (Å²) in [4.78, 5) is 22.9. The van der Waals surface area contributed by atoms with Crippen molar-refractivity contribution in [2.24, 2.45) is 11.3 Å². The Morgan fingerprint density at radius 1 is 1.32 bits per heavy atom. The smallest absolute Gasteiger partial charge is 0.326 e. The van der Waals surface area contributed by atoms with Crippen LogP contribution in [-0.2, 0) is 4.79 Å². The molecule has 1 aliphatic heterocycles. The first-order valence-electron chi connectivity index (χ1n) is 6.65. The third-order valence-corrected chi connectivity index (χ3v) is 4.33. The Kier molecular flexibility index (Phi) is 5.97. The minimum atomic E-state index is -1.00. The van der Waals surface area contributed by atoms with E-state index in [1.54, 1.807) is 20.8 Å². The maximum absolute atomic E-state index is 11.8. The molecule has 0 spiro atoms. The first kappa shape index (κ1) is 16.1. The predicted octanol–water partition coefficient (Wildman–Crippen LogP) is 1.93. The van der Waals surface area contributed by atoms with E-state index in [9.17, 15) is 9.59 Å². The van der Waals surface area contributed by atoms with Crippen molar-refractivity contribution in [1.82, 2.24) is 10.6 Å². The Morgan fingerprint density at radius 2 is 1.89 bits per heavy atom. The number of carboxylic acid groups (broad SMARTS) is 1. The average molecular weight is 288 g/mol. The fourth-order valence-electron chi connectivity index (χ4n) is 2.02. The number of hydrogen-bond donors (Lipinski definition) is 3. The second-order valence-corrected chi connectivity index (χ2v) is 7.27. The molecule has 0 bridgehead atoms. The number of aliphatic carboxylic acids is 1. The van der Waals surface area contributed by atoms with E-state index < -0.39 is 17.4 Å². The van der Waals surface area contributed by atoms with Gasteiger partial charge >= 0.3 is 12.0 Å². The Bertz CT molecular complexity index is 322. The minimum absolute atomic E-state index is 0.388. The van der Waals surface area contributed by atoms with Gasteiger partial charge in [0.1, 0.15) is 6.04 Å². The lowest BCUT2D eigenvalue weighted by molar-refractivity contribution is -0.141. The number of amides is 2. The molecule has 0 radical (unpaired) electrons. The van der Waals surface area contributed by atoms with Gasteiger partial charge in [0.2, 0.25) is 0 Å². The van der Waals surface area contributed by atoms with Gasteiger partial charge in [-0.25, -0.2) is 9.59 Å². The summed E-state index contributed by atoms with van der Waals surface area (Å²) in [7, 11) is 0. The van der Waals surface area contributed by atoms with Crippen LogP contribution in [0.3, 0.4) is 0 Å². The lowest BCUT2D eigenvalue weighted by Crippen LogP contribution is -2.52. The van der Waals surface area contributed by atoms with E-state index in [1.807, 2.05) is 11.8 Å². The van der Waals surface area contributed by atoms with Gasteiger partial charge < -0.3 is 15.7 Å². The zero-order valence-corrected chi connectivity index (χ0v) is 12.7. The number of carboxylic acids is 1. The third-order valence-electron chi connectivity index (χ3n) is 3.28. The molecule has 6 heteroatoms. The standard InChI is InChI=1S/C13H24N2O3S/c1-13(2,3)10(11(16)17)15-12(18)14-8-9-4-6-19-7-5-9/h9-10H,4-8H2,1-3H3,(H,16,17)(H2,14,15,18). The van der Waals surface area contributed by atoms with Crippen LogP contribution in [0.2, 0.25) is 0 Å². The fourth-order valence-corrected chi connectivity index (χ4v) is 3.22. The first-order valence-corrected chi connectivity index (χ1v) is 7.81. The number of rotatable bonds is 4. The number of nitrogens with one attached hydrogen (secondary N) is 2. The Balaban J connectivity index is 2.38. The van der Waals surface area contributed by atoms with Gasteiger partial charge in [0.05, 0.1) is 0 Å². The van der Waals surface area contributed by atoms with Crippen molar-refractivity contribution in [3.05, 3.63) is 0 Å². The van der Waals surface area contributed by atoms with E-state index >= 15 is 0 Å². The fraction of sp³-hybridized carbons (Fsp3) is 0.846. The summed E-state index contributed by atoms with van der Waals surface area (Å²) in [5, 5.41) is 14.5. The third kappa shape index (κ3) is 5.72. The molecule has 1 saturated heterocycles. The van der Waals surface area contributed by atoms with E-state index in [2.05, 4.69) is 10.6 Å². The minimum Gasteiger partial charge on any atom is -0.480 e. The summed E-state index contributed by atoms with van der Waals surface area (Å²) >= 11 is 1.94. The molecule has 1 unspecified atom stereocenters. The molecule has 5 nitrogen and oxygen atoms in total. The summed E-state index contributed by atoms with van der Waals surface area (Å²) < 4.78 is 0. The predicted molar refractivity (Wildman–Crippen MR) is 77.5 cm³/mol. The second-order valence-electron chi connectivity index (χ2n) is 6.05. The number of carbonyl (C=O) groups excluding carboxylic acids is 1. The molecule has 1 atom stereocenters. The quantitative estimate of drug-likeness (QED) is 0.738. The number of hydrogen-bond acceptors (Lipinski definition) is 3. The molecule has 110 valence electrons. The molecule has 0 aliphatic carbocycles. The summed E-state index contributed by atoms with van der Waals surface area (Å²) in [6.45, 7) is 6.02. The molecule has 0 aromatic rings. The monoisotopic (exact) mass is 288 g/mol. The van der Waals surface area contributed by atoms with E-state index in [0.29, 0.717) is 12.5 Å². The average Bonchev–Trinajstić information content (AvgIpc) is 2.33. The SMILES string of the molecule is CC(C)(C)C(NC(=O)NCC1CCSCC1)C(=O)O.